The highest BCUT2D eigenvalue weighted by Gasteiger charge is 2.14. The molecule has 4 rings (SSSR count). The lowest BCUT2D eigenvalue weighted by atomic mass is 10.1. The van der Waals surface area contributed by atoms with Crippen LogP contribution in [-0.4, -0.2) is 33.9 Å². The molecule has 1 amide bonds. The normalized spacial score (nSPS) is 14.5. The molecule has 2 N–H and O–H groups in total. The van der Waals surface area contributed by atoms with Crippen LogP contribution in [0.15, 0.2) is 42.7 Å². The van der Waals surface area contributed by atoms with Gasteiger partial charge in [0.1, 0.15) is 0 Å². The number of carbonyl (C=O) groups is 1. The Kier molecular flexibility index (Phi) is 4.82. The van der Waals surface area contributed by atoms with Crippen molar-refractivity contribution in [2.45, 2.75) is 32.2 Å². The lowest BCUT2D eigenvalue weighted by Crippen LogP contribution is -2.31. The molecule has 26 heavy (non-hydrogen) atoms. The maximum atomic E-state index is 12.3. The highest BCUT2D eigenvalue weighted by molar-refractivity contribution is 5.88. The molecule has 1 aliphatic rings. The van der Waals surface area contributed by atoms with E-state index in [1.807, 2.05) is 36.5 Å². The Hall–Kier alpha value is -2.89. The molecular weight excluding hydrogens is 326 g/mol. The Morgan fingerprint density at radius 1 is 1.15 bits per heavy atom. The second kappa shape index (κ2) is 7.56. The minimum Gasteiger partial charge on any atom is -0.361 e. The Bertz CT molecular complexity index is 898. The highest BCUT2D eigenvalue weighted by atomic mass is 16.1. The predicted molar refractivity (Wildman–Crippen MR) is 102 cm³/mol. The molecule has 6 heteroatoms. The fraction of sp³-hybridized carbons (Fsp3) is 0.350. The van der Waals surface area contributed by atoms with Crippen molar-refractivity contribution in [1.82, 2.24) is 20.3 Å². The number of carbonyl (C=O) groups excluding carboxylic acids is 1. The minimum absolute atomic E-state index is 0.00659. The van der Waals surface area contributed by atoms with E-state index >= 15 is 0 Å². The summed E-state index contributed by atoms with van der Waals surface area (Å²) in [6.07, 6.45) is 7.69. The molecule has 1 aromatic carbocycles. The van der Waals surface area contributed by atoms with E-state index in [-0.39, 0.29) is 5.91 Å². The zero-order valence-electron chi connectivity index (χ0n) is 14.7. The minimum atomic E-state index is -0.00659. The van der Waals surface area contributed by atoms with Crippen molar-refractivity contribution in [3.05, 3.63) is 54.0 Å². The number of amides is 1. The SMILES string of the molecule is O=C(Cc1c[nH]c2ccccc12)NCc1ccnc(N2CCCCC2)n1. The summed E-state index contributed by atoms with van der Waals surface area (Å²) in [6.45, 7) is 2.44. The van der Waals surface area contributed by atoms with Crippen LogP contribution >= 0.6 is 0 Å². The van der Waals surface area contributed by atoms with Gasteiger partial charge in [-0.15, -0.1) is 0 Å². The number of benzene rings is 1. The molecule has 0 aliphatic carbocycles. The number of fused-ring (bicyclic) bond motifs is 1. The summed E-state index contributed by atoms with van der Waals surface area (Å²) in [5.41, 5.74) is 2.90. The third-order valence-electron chi connectivity index (χ3n) is 4.83. The summed E-state index contributed by atoms with van der Waals surface area (Å²) in [5.74, 6) is 0.765. The molecule has 3 aromatic rings. The van der Waals surface area contributed by atoms with Crippen LogP contribution in [0.25, 0.3) is 10.9 Å². The Morgan fingerprint density at radius 3 is 2.88 bits per heavy atom. The molecule has 1 saturated heterocycles. The number of rotatable bonds is 5. The fourth-order valence-corrected chi connectivity index (χ4v) is 3.43. The third-order valence-corrected chi connectivity index (χ3v) is 4.83. The molecule has 0 bridgehead atoms. The maximum Gasteiger partial charge on any atom is 0.225 e. The number of hydrogen-bond donors (Lipinski definition) is 2. The number of hydrogen-bond acceptors (Lipinski definition) is 4. The summed E-state index contributed by atoms with van der Waals surface area (Å²) in [4.78, 5) is 26.8. The van der Waals surface area contributed by atoms with Gasteiger partial charge in [-0.3, -0.25) is 4.79 Å². The van der Waals surface area contributed by atoms with Crippen LogP contribution in [0.1, 0.15) is 30.5 Å². The van der Waals surface area contributed by atoms with E-state index in [1.54, 1.807) is 6.20 Å². The van der Waals surface area contributed by atoms with Gasteiger partial charge in [0, 0.05) is 36.4 Å². The standard InChI is InChI=1S/C20H23N5O/c26-19(12-15-13-22-18-7-3-2-6-17(15)18)23-14-16-8-9-21-20(24-16)25-10-4-1-5-11-25/h2-3,6-9,13,22H,1,4-5,10-12,14H2,(H,23,26). The molecule has 0 atom stereocenters. The van der Waals surface area contributed by atoms with Crippen molar-refractivity contribution in [3.8, 4) is 0 Å². The predicted octanol–water partition coefficient (Wildman–Crippen LogP) is 2.81. The van der Waals surface area contributed by atoms with Crippen LogP contribution in [0, 0.1) is 0 Å². The van der Waals surface area contributed by atoms with Crippen molar-refractivity contribution < 1.29 is 4.79 Å². The van der Waals surface area contributed by atoms with Crippen molar-refractivity contribution >= 4 is 22.8 Å². The van der Waals surface area contributed by atoms with Gasteiger partial charge in [0.25, 0.3) is 0 Å². The molecule has 0 saturated carbocycles. The molecule has 0 radical (unpaired) electrons. The van der Waals surface area contributed by atoms with Crippen LogP contribution in [0.2, 0.25) is 0 Å². The van der Waals surface area contributed by atoms with E-state index in [1.165, 1.54) is 19.3 Å². The van der Waals surface area contributed by atoms with Crippen LogP contribution in [0.3, 0.4) is 0 Å². The van der Waals surface area contributed by atoms with Gasteiger partial charge in [-0.05, 0) is 37.0 Å². The lowest BCUT2D eigenvalue weighted by molar-refractivity contribution is -0.120. The summed E-state index contributed by atoms with van der Waals surface area (Å²) < 4.78 is 0. The van der Waals surface area contributed by atoms with Gasteiger partial charge in [-0.25, -0.2) is 9.97 Å². The number of anilines is 1. The highest BCUT2D eigenvalue weighted by Crippen LogP contribution is 2.18. The zero-order chi connectivity index (χ0) is 17.8. The van der Waals surface area contributed by atoms with Gasteiger partial charge in [-0.1, -0.05) is 18.2 Å². The Morgan fingerprint density at radius 2 is 2.00 bits per heavy atom. The molecule has 6 nitrogen and oxygen atoms in total. The number of nitrogens with one attached hydrogen (secondary N) is 2. The topological polar surface area (TPSA) is 73.9 Å². The van der Waals surface area contributed by atoms with Crippen LogP contribution < -0.4 is 10.2 Å². The lowest BCUT2D eigenvalue weighted by Gasteiger charge is -2.26. The van der Waals surface area contributed by atoms with Gasteiger partial charge in [0.15, 0.2) is 0 Å². The second-order valence-corrected chi connectivity index (χ2v) is 6.71. The first kappa shape index (κ1) is 16.6. The number of aromatic amines is 1. The summed E-state index contributed by atoms with van der Waals surface area (Å²) in [5, 5.41) is 4.06. The van der Waals surface area contributed by atoms with Gasteiger partial charge >= 0.3 is 0 Å². The van der Waals surface area contributed by atoms with E-state index in [0.29, 0.717) is 13.0 Å². The monoisotopic (exact) mass is 349 g/mol. The fourth-order valence-electron chi connectivity index (χ4n) is 3.43. The van der Waals surface area contributed by atoms with Gasteiger partial charge in [-0.2, -0.15) is 0 Å². The van der Waals surface area contributed by atoms with Crippen LogP contribution in [0.4, 0.5) is 5.95 Å². The average molecular weight is 349 g/mol. The molecular formula is C20H23N5O. The van der Waals surface area contributed by atoms with Crippen molar-refractivity contribution in [2.24, 2.45) is 0 Å². The van der Waals surface area contributed by atoms with Crippen molar-refractivity contribution in [1.29, 1.82) is 0 Å². The first-order valence-corrected chi connectivity index (χ1v) is 9.18. The van der Waals surface area contributed by atoms with Crippen LogP contribution in [0.5, 0.6) is 0 Å². The molecule has 1 fully saturated rings. The summed E-state index contributed by atoms with van der Waals surface area (Å²) >= 11 is 0. The van der Waals surface area contributed by atoms with E-state index in [0.717, 1.165) is 41.2 Å². The molecule has 0 unspecified atom stereocenters. The number of nitrogens with zero attached hydrogens (tertiary/aromatic N) is 3. The first-order valence-electron chi connectivity index (χ1n) is 9.18. The summed E-state index contributed by atoms with van der Waals surface area (Å²) in [6, 6.07) is 9.88. The number of aromatic nitrogens is 3. The Labute approximate surface area is 152 Å². The molecule has 134 valence electrons. The maximum absolute atomic E-state index is 12.3. The number of para-hydroxylation sites is 1. The smallest absolute Gasteiger partial charge is 0.225 e. The van der Waals surface area contributed by atoms with Gasteiger partial charge < -0.3 is 15.2 Å². The van der Waals surface area contributed by atoms with E-state index < -0.39 is 0 Å². The van der Waals surface area contributed by atoms with Crippen LogP contribution in [-0.2, 0) is 17.8 Å². The quantitative estimate of drug-likeness (QED) is 0.743. The largest absolute Gasteiger partial charge is 0.361 e. The van der Waals surface area contributed by atoms with E-state index in [4.69, 9.17) is 0 Å². The zero-order valence-corrected chi connectivity index (χ0v) is 14.7. The molecule has 2 aromatic heterocycles. The van der Waals surface area contributed by atoms with Gasteiger partial charge in [0.2, 0.25) is 11.9 Å². The molecule has 1 aliphatic heterocycles. The van der Waals surface area contributed by atoms with Gasteiger partial charge in [0.05, 0.1) is 18.7 Å². The number of H-pyrrole nitrogens is 1. The molecule has 0 spiro atoms. The number of piperidine rings is 1. The van der Waals surface area contributed by atoms with Crippen molar-refractivity contribution in [2.75, 3.05) is 18.0 Å². The summed E-state index contributed by atoms with van der Waals surface area (Å²) in [7, 11) is 0. The first-order chi connectivity index (χ1) is 12.8. The third kappa shape index (κ3) is 3.69. The van der Waals surface area contributed by atoms with E-state index in [2.05, 4.69) is 25.2 Å². The second-order valence-electron chi connectivity index (χ2n) is 6.71. The van der Waals surface area contributed by atoms with E-state index in [9.17, 15) is 4.79 Å². The Balaban J connectivity index is 1.37. The molecule has 3 heterocycles. The van der Waals surface area contributed by atoms with Crippen molar-refractivity contribution in [3.63, 3.8) is 0 Å². The average Bonchev–Trinajstić information content (AvgIpc) is 3.10.